The van der Waals surface area contributed by atoms with Crippen molar-refractivity contribution in [3.8, 4) is 11.5 Å². The Bertz CT molecular complexity index is 1040. The van der Waals surface area contributed by atoms with E-state index in [1.54, 1.807) is 7.11 Å². The van der Waals surface area contributed by atoms with Crippen LogP contribution in [0.3, 0.4) is 0 Å². The van der Waals surface area contributed by atoms with Gasteiger partial charge in [0, 0.05) is 17.9 Å². The number of carbonyl (C=O) groups excluding carboxylic acids is 1. The van der Waals surface area contributed by atoms with Crippen LogP contribution in [-0.4, -0.2) is 30.4 Å². The smallest absolute Gasteiger partial charge is 0.228 e. The van der Waals surface area contributed by atoms with Gasteiger partial charge in [0.1, 0.15) is 0 Å². The van der Waals surface area contributed by atoms with E-state index in [4.69, 9.17) is 9.47 Å². The highest BCUT2D eigenvalue weighted by Gasteiger charge is 2.13. The summed E-state index contributed by atoms with van der Waals surface area (Å²) in [5.41, 5.74) is 4.25. The van der Waals surface area contributed by atoms with Crippen molar-refractivity contribution < 1.29 is 14.3 Å². The predicted octanol–water partition coefficient (Wildman–Crippen LogP) is 9.32. The number of rotatable bonds is 20. The summed E-state index contributed by atoms with van der Waals surface area (Å²) in [6, 6.07) is 13.9. The molecule has 2 aromatic carbocycles. The minimum absolute atomic E-state index is 0.0466. The second kappa shape index (κ2) is 18.7. The molecule has 0 saturated carbocycles. The Kier molecular flexibility index (Phi) is 14.9. The lowest BCUT2D eigenvalue weighted by atomic mass is 10.1. The van der Waals surface area contributed by atoms with Crippen molar-refractivity contribution in [3.05, 3.63) is 64.7 Å². The van der Waals surface area contributed by atoms with Gasteiger partial charge in [0.15, 0.2) is 11.5 Å². The Morgan fingerprint density at radius 1 is 0.850 bits per heavy atom. The molecule has 1 heterocycles. The van der Waals surface area contributed by atoms with Crippen molar-refractivity contribution in [2.24, 2.45) is 0 Å². The predicted molar refractivity (Wildman–Crippen MR) is 170 cm³/mol. The summed E-state index contributed by atoms with van der Waals surface area (Å²) in [5.74, 6) is 2.37. The molecule has 5 nitrogen and oxygen atoms in total. The first-order valence-electron chi connectivity index (χ1n) is 15.3. The molecule has 40 heavy (non-hydrogen) atoms. The van der Waals surface area contributed by atoms with Gasteiger partial charge >= 0.3 is 0 Å². The van der Waals surface area contributed by atoms with Gasteiger partial charge in [-0.15, -0.1) is 11.8 Å². The molecule has 1 aliphatic rings. The van der Waals surface area contributed by atoms with E-state index in [0.717, 1.165) is 35.8 Å². The number of ether oxygens (including phenoxy) is 2. The van der Waals surface area contributed by atoms with Crippen LogP contribution in [0.4, 0.5) is 5.69 Å². The van der Waals surface area contributed by atoms with Gasteiger partial charge in [-0.3, -0.25) is 4.79 Å². The molecule has 0 saturated heterocycles. The van der Waals surface area contributed by atoms with Gasteiger partial charge in [0.25, 0.3) is 0 Å². The quantitative estimate of drug-likeness (QED) is 0.162. The van der Waals surface area contributed by atoms with Crippen LogP contribution in [0.1, 0.15) is 102 Å². The average molecular weight is 567 g/mol. The molecule has 0 spiro atoms. The van der Waals surface area contributed by atoms with Crippen LogP contribution >= 0.6 is 11.8 Å². The number of nitrogens with zero attached hydrogens (tertiary/aromatic N) is 1. The molecule has 1 N–H and O–H groups in total. The number of thioether (sulfide) groups is 1. The van der Waals surface area contributed by atoms with E-state index in [1.165, 1.54) is 81.9 Å². The molecule has 0 atom stereocenters. The first kappa shape index (κ1) is 31.9. The van der Waals surface area contributed by atoms with Crippen molar-refractivity contribution >= 4 is 23.4 Å². The summed E-state index contributed by atoms with van der Waals surface area (Å²) >= 11 is 1.83. The number of hydrogen-bond donors (Lipinski definition) is 1. The zero-order valence-corrected chi connectivity index (χ0v) is 25.8. The number of allylic oxidation sites excluding steroid dienone is 1. The molecule has 0 unspecified atom stereocenters. The molecule has 6 heteroatoms. The van der Waals surface area contributed by atoms with Crippen molar-refractivity contribution in [1.82, 2.24) is 4.90 Å². The summed E-state index contributed by atoms with van der Waals surface area (Å²) < 4.78 is 11.6. The molecule has 0 bridgehead atoms. The monoisotopic (exact) mass is 566 g/mol. The standard InChI is InChI=1S/C34H50N2O3S/c1-4-5-6-7-8-9-10-11-12-13-14-15-22-39-32-21-18-30(23-33(32)38-3)24-34(37)35-31-19-16-29(17-20-31)25-36-27-40-26-28(36)2/h16-21,23,26H,4-15,22,24-25,27H2,1-3H3,(H,35,37). The maximum absolute atomic E-state index is 12.7. The number of nitrogens with one attached hydrogen (secondary N) is 1. The minimum Gasteiger partial charge on any atom is -0.493 e. The fraction of sp³-hybridized carbons (Fsp3) is 0.559. The zero-order chi connectivity index (χ0) is 28.4. The van der Waals surface area contributed by atoms with Crippen LogP contribution in [0.2, 0.25) is 0 Å². The highest BCUT2D eigenvalue weighted by atomic mass is 32.2. The molecule has 1 aliphatic heterocycles. The maximum atomic E-state index is 12.7. The first-order chi connectivity index (χ1) is 19.6. The first-order valence-corrected chi connectivity index (χ1v) is 16.4. The summed E-state index contributed by atoms with van der Waals surface area (Å²) in [7, 11) is 1.65. The SMILES string of the molecule is CCCCCCCCCCCCCCOc1ccc(CC(=O)Nc2ccc(CN3CSC=C3C)cc2)cc1OC. The second-order valence-electron chi connectivity index (χ2n) is 10.9. The number of hydrogen-bond acceptors (Lipinski definition) is 5. The molecule has 2 aromatic rings. The lowest BCUT2D eigenvalue weighted by molar-refractivity contribution is -0.115. The van der Waals surface area contributed by atoms with Gasteiger partial charge in [-0.2, -0.15) is 0 Å². The van der Waals surface area contributed by atoms with Gasteiger partial charge < -0.3 is 19.7 Å². The molecule has 0 aromatic heterocycles. The van der Waals surface area contributed by atoms with Crippen molar-refractivity contribution in [3.63, 3.8) is 0 Å². The Morgan fingerprint density at radius 3 is 2.08 bits per heavy atom. The third-order valence-electron chi connectivity index (χ3n) is 7.44. The van der Waals surface area contributed by atoms with Crippen LogP contribution < -0.4 is 14.8 Å². The molecular weight excluding hydrogens is 516 g/mol. The van der Waals surface area contributed by atoms with Crippen LogP contribution in [0, 0.1) is 0 Å². The van der Waals surface area contributed by atoms with Crippen molar-refractivity contribution in [2.75, 3.05) is 24.9 Å². The van der Waals surface area contributed by atoms with Gasteiger partial charge in [0.05, 0.1) is 26.0 Å². The lowest BCUT2D eigenvalue weighted by Gasteiger charge is -2.19. The van der Waals surface area contributed by atoms with Crippen LogP contribution in [0.15, 0.2) is 53.6 Å². The topological polar surface area (TPSA) is 50.8 Å². The van der Waals surface area contributed by atoms with Gasteiger partial charge in [-0.25, -0.2) is 0 Å². The van der Waals surface area contributed by atoms with E-state index in [9.17, 15) is 4.79 Å². The van der Waals surface area contributed by atoms with Crippen LogP contribution in [0.25, 0.3) is 0 Å². The summed E-state index contributed by atoms with van der Waals surface area (Å²) in [5, 5.41) is 5.21. The number of amides is 1. The lowest BCUT2D eigenvalue weighted by Crippen LogP contribution is -2.17. The van der Waals surface area contributed by atoms with Crippen molar-refractivity contribution in [1.29, 1.82) is 0 Å². The number of unbranched alkanes of at least 4 members (excludes halogenated alkanes) is 11. The highest BCUT2D eigenvalue weighted by Crippen LogP contribution is 2.29. The summed E-state index contributed by atoms with van der Waals surface area (Å²) in [4.78, 5) is 15.0. The zero-order valence-electron chi connectivity index (χ0n) is 25.0. The minimum atomic E-state index is -0.0466. The molecule has 220 valence electrons. The van der Waals surface area contributed by atoms with Gasteiger partial charge in [-0.05, 0) is 54.1 Å². The fourth-order valence-electron chi connectivity index (χ4n) is 4.97. The average Bonchev–Trinajstić information content (AvgIpc) is 3.36. The van der Waals surface area contributed by atoms with Crippen LogP contribution in [0.5, 0.6) is 11.5 Å². The molecule has 0 fully saturated rings. The summed E-state index contributed by atoms with van der Waals surface area (Å²) in [6.07, 6.45) is 16.2. The maximum Gasteiger partial charge on any atom is 0.228 e. The van der Waals surface area contributed by atoms with Gasteiger partial charge in [0.2, 0.25) is 5.91 Å². The van der Waals surface area contributed by atoms with E-state index in [1.807, 2.05) is 42.1 Å². The van der Waals surface area contributed by atoms with Crippen molar-refractivity contribution in [2.45, 2.75) is 104 Å². The summed E-state index contributed by atoms with van der Waals surface area (Å²) in [6.45, 7) is 5.99. The second-order valence-corrected chi connectivity index (χ2v) is 11.7. The van der Waals surface area contributed by atoms with E-state index in [0.29, 0.717) is 12.4 Å². The Morgan fingerprint density at radius 2 is 1.48 bits per heavy atom. The number of carbonyl (C=O) groups is 1. The Balaban J connectivity index is 1.31. The third-order valence-corrected chi connectivity index (χ3v) is 8.41. The number of anilines is 1. The normalized spacial score (nSPS) is 12.9. The molecule has 0 aliphatic carbocycles. The largest absolute Gasteiger partial charge is 0.493 e. The van der Waals surface area contributed by atoms with E-state index >= 15 is 0 Å². The number of benzene rings is 2. The molecule has 0 radical (unpaired) electrons. The van der Waals surface area contributed by atoms with E-state index in [-0.39, 0.29) is 12.3 Å². The number of methoxy groups -OCH3 is 1. The third kappa shape index (κ3) is 11.9. The Labute approximate surface area is 247 Å². The highest BCUT2D eigenvalue weighted by molar-refractivity contribution is 8.02. The molecular formula is C34H50N2O3S. The van der Waals surface area contributed by atoms with E-state index < -0.39 is 0 Å². The van der Waals surface area contributed by atoms with Gasteiger partial charge in [-0.1, -0.05) is 95.8 Å². The molecule has 3 rings (SSSR count). The van der Waals surface area contributed by atoms with Crippen LogP contribution in [-0.2, 0) is 17.8 Å². The van der Waals surface area contributed by atoms with E-state index in [2.05, 4.69) is 41.6 Å². The Hall–Kier alpha value is -2.60. The fourth-order valence-corrected chi connectivity index (χ4v) is 5.91. The molecule has 1 amide bonds.